The summed E-state index contributed by atoms with van der Waals surface area (Å²) in [5, 5.41) is 9.18. The van der Waals surface area contributed by atoms with Crippen molar-refractivity contribution >= 4 is 10.0 Å². The molecule has 0 bridgehead atoms. The summed E-state index contributed by atoms with van der Waals surface area (Å²) in [4.78, 5) is -0.996. The minimum atomic E-state index is -4.33. The predicted molar refractivity (Wildman–Crippen MR) is 57.8 cm³/mol. The van der Waals surface area contributed by atoms with Crippen LogP contribution in [0.5, 0.6) is 0 Å². The van der Waals surface area contributed by atoms with E-state index in [9.17, 15) is 26.7 Å². The normalized spacial score (nSPS) is 13.6. The Labute approximate surface area is 102 Å². The first-order chi connectivity index (χ1) is 8.29. The Bertz CT molecular complexity index is 533. The summed E-state index contributed by atoms with van der Waals surface area (Å²) in [5.41, 5.74) is 0. The van der Waals surface area contributed by atoms with Gasteiger partial charge in [0.15, 0.2) is 17.5 Å². The molecule has 0 aliphatic heterocycles. The lowest BCUT2D eigenvalue weighted by Gasteiger charge is -2.11. The molecule has 2 N–H and O–H groups in total. The van der Waals surface area contributed by atoms with Gasteiger partial charge in [-0.05, 0) is 18.6 Å². The molecule has 0 heterocycles. The first kappa shape index (κ1) is 14.9. The molecule has 0 aliphatic rings. The van der Waals surface area contributed by atoms with E-state index in [0.29, 0.717) is 18.6 Å². The SMILES string of the molecule is CCC(O)CNS(=O)(=O)c1ccc(F)c(F)c1F. The Morgan fingerprint density at radius 3 is 2.44 bits per heavy atom. The molecule has 102 valence electrons. The number of aliphatic hydroxyl groups excluding tert-OH is 1. The van der Waals surface area contributed by atoms with Crippen LogP contribution in [0.25, 0.3) is 0 Å². The zero-order chi connectivity index (χ0) is 13.9. The highest BCUT2D eigenvalue weighted by Crippen LogP contribution is 2.19. The monoisotopic (exact) mass is 283 g/mol. The van der Waals surface area contributed by atoms with Gasteiger partial charge in [0, 0.05) is 6.54 Å². The van der Waals surface area contributed by atoms with E-state index in [1.54, 1.807) is 6.92 Å². The van der Waals surface area contributed by atoms with E-state index in [4.69, 9.17) is 0 Å². The maximum Gasteiger partial charge on any atom is 0.243 e. The van der Waals surface area contributed by atoms with Crippen LogP contribution < -0.4 is 4.72 Å². The van der Waals surface area contributed by atoms with Crippen LogP contribution in [-0.4, -0.2) is 26.2 Å². The molecule has 0 amide bonds. The fourth-order valence-corrected chi connectivity index (χ4v) is 2.28. The molecule has 0 saturated heterocycles. The quantitative estimate of drug-likeness (QED) is 0.797. The number of halogens is 3. The summed E-state index contributed by atoms with van der Waals surface area (Å²) >= 11 is 0. The van der Waals surface area contributed by atoms with Crippen LogP contribution in [0.3, 0.4) is 0 Å². The van der Waals surface area contributed by atoms with Gasteiger partial charge in [0.05, 0.1) is 6.10 Å². The van der Waals surface area contributed by atoms with Crippen molar-refractivity contribution < 1.29 is 26.7 Å². The van der Waals surface area contributed by atoms with E-state index in [-0.39, 0.29) is 6.54 Å². The van der Waals surface area contributed by atoms with Gasteiger partial charge in [-0.25, -0.2) is 26.3 Å². The van der Waals surface area contributed by atoms with Gasteiger partial charge in [-0.2, -0.15) is 0 Å². The largest absolute Gasteiger partial charge is 0.392 e. The van der Waals surface area contributed by atoms with Crippen molar-refractivity contribution in [2.24, 2.45) is 0 Å². The average molecular weight is 283 g/mol. The van der Waals surface area contributed by atoms with E-state index in [1.807, 2.05) is 4.72 Å². The van der Waals surface area contributed by atoms with Gasteiger partial charge < -0.3 is 5.11 Å². The van der Waals surface area contributed by atoms with Crippen molar-refractivity contribution in [3.05, 3.63) is 29.6 Å². The zero-order valence-corrected chi connectivity index (χ0v) is 10.3. The van der Waals surface area contributed by atoms with Crippen LogP contribution in [-0.2, 0) is 10.0 Å². The molecule has 8 heteroatoms. The lowest BCUT2D eigenvalue weighted by Crippen LogP contribution is -2.32. The van der Waals surface area contributed by atoms with Gasteiger partial charge >= 0.3 is 0 Å². The van der Waals surface area contributed by atoms with E-state index < -0.39 is 38.5 Å². The Morgan fingerprint density at radius 1 is 1.28 bits per heavy atom. The highest BCUT2D eigenvalue weighted by molar-refractivity contribution is 7.89. The van der Waals surface area contributed by atoms with Gasteiger partial charge in [0.1, 0.15) is 4.90 Å². The van der Waals surface area contributed by atoms with Crippen LogP contribution in [0.15, 0.2) is 17.0 Å². The van der Waals surface area contributed by atoms with E-state index >= 15 is 0 Å². The van der Waals surface area contributed by atoms with Crippen molar-refractivity contribution in [3.63, 3.8) is 0 Å². The minimum absolute atomic E-state index is 0.294. The molecule has 0 aliphatic carbocycles. The predicted octanol–water partition coefficient (Wildman–Crippen LogP) is 1.15. The van der Waals surface area contributed by atoms with Crippen LogP contribution in [0.4, 0.5) is 13.2 Å². The third kappa shape index (κ3) is 3.21. The van der Waals surface area contributed by atoms with Gasteiger partial charge in [0.2, 0.25) is 10.0 Å². The smallest absolute Gasteiger partial charge is 0.243 e. The summed E-state index contributed by atoms with van der Waals surface area (Å²) in [7, 11) is -4.33. The van der Waals surface area contributed by atoms with Gasteiger partial charge in [-0.15, -0.1) is 0 Å². The zero-order valence-electron chi connectivity index (χ0n) is 9.45. The van der Waals surface area contributed by atoms with Crippen LogP contribution in [0.2, 0.25) is 0 Å². The first-order valence-corrected chi connectivity index (χ1v) is 6.59. The molecule has 0 saturated carbocycles. The van der Waals surface area contributed by atoms with Gasteiger partial charge in [-0.3, -0.25) is 0 Å². The fraction of sp³-hybridized carbons (Fsp3) is 0.400. The van der Waals surface area contributed by atoms with Crippen molar-refractivity contribution in [1.29, 1.82) is 0 Å². The number of benzene rings is 1. The Balaban J connectivity index is 3.03. The molecule has 1 unspecified atom stereocenters. The molecule has 18 heavy (non-hydrogen) atoms. The Hall–Kier alpha value is -1.12. The third-order valence-electron chi connectivity index (χ3n) is 2.27. The number of hydrogen-bond acceptors (Lipinski definition) is 3. The Kier molecular flexibility index (Phi) is 4.71. The fourth-order valence-electron chi connectivity index (χ4n) is 1.14. The van der Waals surface area contributed by atoms with Crippen LogP contribution in [0, 0.1) is 17.5 Å². The number of sulfonamides is 1. The summed E-state index contributed by atoms with van der Waals surface area (Å²) in [6, 6.07) is 1.14. The first-order valence-electron chi connectivity index (χ1n) is 5.10. The topological polar surface area (TPSA) is 66.4 Å². The van der Waals surface area contributed by atoms with E-state index in [1.165, 1.54) is 0 Å². The summed E-state index contributed by atoms with van der Waals surface area (Å²) in [5.74, 6) is -5.11. The highest BCUT2D eigenvalue weighted by Gasteiger charge is 2.24. The second-order valence-electron chi connectivity index (χ2n) is 3.59. The summed E-state index contributed by atoms with van der Waals surface area (Å²) in [6.07, 6.45) is -0.642. The van der Waals surface area contributed by atoms with Gasteiger partial charge in [0.25, 0.3) is 0 Å². The maximum atomic E-state index is 13.3. The van der Waals surface area contributed by atoms with Crippen molar-refractivity contribution in [1.82, 2.24) is 4.72 Å². The molecule has 1 rings (SSSR count). The second kappa shape index (κ2) is 5.68. The molecule has 1 aromatic carbocycles. The maximum absolute atomic E-state index is 13.3. The molecule has 0 spiro atoms. The summed E-state index contributed by atoms with van der Waals surface area (Å²) < 4.78 is 63.9. The van der Waals surface area contributed by atoms with Crippen molar-refractivity contribution in [2.75, 3.05) is 6.54 Å². The third-order valence-corrected chi connectivity index (χ3v) is 3.71. The van der Waals surface area contributed by atoms with Crippen molar-refractivity contribution in [3.8, 4) is 0 Å². The number of rotatable bonds is 5. The van der Waals surface area contributed by atoms with E-state index in [0.717, 1.165) is 0 Å². The molecule has 1 atom stereocenters. The molecule has 0 fully saturated rings. The number of nitrogens with one attached hydrogen (secondary N) is 1. The lowest BCUT2D eigenvalue weighted by molar-refractivity contribution is 0.174. The standard InChI is InChI=1S/C10H12F3NO3S/c1-2-6(15)5-14-18(16,17)8-4-3-7(11)9(12)10(8)13/h3-4,6,14-15H,2,5H2,1H3. The second-order valence-corrected chi connectivity index (χ2v) is 5.32. The van der Waals surface area contributed by atoms with Crippen molar-refractivity contribution in [2.45, 2.75) is 24.3 Å². The molecule has 4 nitrogen and oxygen atoms in total. The molecular formula is C10H12F3NO3S. The average Bonchev–Trinajstić information content (AvgIpc) is 2.32. The van der Waals surface area contributed by atoms with Crippen LogP contribution in [0.1, 0.15) is 13.3 Å². The minimum Gasteiger partial charge on any atom is -0.392 e. The molecule has 0 aromatic heterocycles. The summed E-state index contributed by atoms with van der Waals surface area (Å²) in [6.45, 7) is 1.29. The Morgan fingerprint density at radius 2 is 1.89 bits per heavy atom. The van der Waals surface area contributed by atoms with Crippen LogP contribution >= 0.6 is 0 Å². The lowest BCUT2D eigenvalue weighted by atomic mass is 10.3. The molecule has 1 aromatic rings. The molecular weight excluding hydrogens is 271 g/mol. The number of aliphatic hydroxyl groups is 1. The highest BCUT2D eigenvalue weighted by atomic mass is 32.2. The van der Waals surface area contributed by atoms with E-state index in [2.05, 4.69) is 0 Å². The number of hydrogen-bond donors (Lipinski definition) is 2. The van der Waals surface area contributed by atoms with Gasteiger partial charge in [-0.1, -0.05) is 6.92 Å². The molecule has 0 radical (unpaired) electrons.